The Hall–Kier alpha value is -2.41. The highest BCUT2D eigenvalue weighted by Gasteiger charge is 2.05. The molecule has 1 N–H and O–H groups in total. The Labute approximate surface area is 105 Å². The van der Waals surface area contributed by atoms with E-state index in [1.54, 1.807) is 18.2 Å². The molecule has 1 unspecified atom stereocenters. The molecule has 0 bridgehead atoms. The lowest BCUT2D eigenvalue weighted by Crippen LogP contribution is -2.06. The van der Waals surface area contributed by atoms with Crippen LogP contribution >= 0.6 is 0 Å². The Morgan fingerprint density at radius 1 is 1.22 bits per heavy atom. The highest BCUT2D eigenvalue weighted by Crippen LogP contribution is 2.18. The molecule has 0 aliphatic carbocycles. The molecule has 0 radical (unpaired) electrons. The van der Waals surface area contributed by atoms with E-state index in [1.807, 2.05) is 19.1 Å². The molecule has 0 amide bonds. The number of nitrogens with zero attached hydrogens (tertiary/aromatic N) is 2. The predicted molar refractivity (Wildman–Crippen MR) is 67.4 cm³/mol. The fourth-order valence-corrected chi connectivity index (χ4v) is 1.64. The number of nitriles is 1. The first kappa shape index (κ1) is 12.1. The maximum atomic E-state index is 12.7. The molecule has 0 spiro atoms. The van der Waals surface area contributed by atoms with E-state index in [0.29, 0.717) is 5.56 Å². The van der Waals surface area contributed by atoms with Crippen molar-refractivity contribution in [2.75, 3.05) is 5.32 Å². The van der Waals surface area contributed by atoms with E-state index in [1.165, 1.54) is 12.3 Å². The first-order chi connectivity index (χ1) is 8.69. The molecule has 1 aromatic heterocycles. The minimum Gasteiger partial charge on any atom is -0.377 e. The lowest BCUT2D eigenvalue weighted by molar-refractivity contribution is 0.584. The molecule has 90 valence electrons. The van der Waals surface area contributed by atoms with Gasteiger partial charge < -0.3 is 5.32 Å². The normalized spacial score (nSPS) is 11.6. The lowest BCUT2D eigenvalue weighted by Gasteiger charge is -2.15. The zero-order chi connectivity index (χ0) is 13.0. The van der Waals surface area contributed by atoms with E-state index in [0.717, 1.165) is 11.3 Å². The van der Waals surface area contributed by atoms with Gasteiger partial charge >= 0.3 is 0 Å². The number of hydrogen-bond acceptors (Lipinski definition) is 3. The summed E-state index contributed by atoms with van der Waals surface area (Å²) in [6.45, 7) is 1.99. The minimum absolute atomic E-state index is 0.0602. The van der Waals surface area contributed by atoms with Crippen molar-refractivity contribution in [2.45, 2.75) is 13.0 Å². The molecule has 2 rings (SSSR count). The number of halogens is 1. The van der Waals surface area contributed by atoms with Crippen LogP contribution in [0.25, 0.3) is 0 Å². The fourth-order valence-electron chi connectivity index (χ4n) is 1.64. The molecule has 0 fully saturated rings. The van der Waals surface area contributed by atoms with Gasteiger partial charge in [0.25, 0.3) is 0 Å². The summed E-state index contributed by atoms with van der Waals surface area (Å²) >= 11 is 0. The third-order valence-corrected chi connectivity index (χ3v) is 2.65. The highest BCUT2D eigenvalue weighted by atomic mass is 19.1. The first-order valence-corrected chi connectivity index (χ1v) is 5.57. The molecule has 0 aliphatic rings. The van der Waals surface area contributed by atoms with Gasteiger partial charge in [-0.15, -0.1) is 0 Å². The maximum absolute atomic E-state index is 12.7. The van der Waals surface area contributed by atoms with E-state index in [-0.39, 0.29) is 6.04 Å². The van der Waals surface area contributed by atoms with Crippen molar-refractivity contribution >= 4 is 5.69 Å². The Bertz CT molecular complexity index is 555. The number of benzene rings is 1. The molecular formula is C14H12FN3. The van der Waals surface area contributed by atoms with Gasteiger partial charge in [-0.1, -0.05) is 12.1 Å². The summed E-state index contributed by atoms with van der Waals surface area (Å²) in [4.78, 5) is 3.58. The standard InChI is InChI=1S/C14H12FN3/c1-10(12-4-2-11(8-16)3-5-12)18-13-6-7-14(15)17-9-13/h2-7,9-10,18H,1H3. The molecule has 1 heterocycles. The number of hydrogen-bond donors (Lipinski definition) is 1. The van der Waals surface area contributed by atoms with Crippen LogP contribution in [0.5, 0.6) is 0 Å². The molecule has 2 aromatic rings. The summed E-state index contributed by atoms with van der Waals surface area (Å²) in [6.07, 6.45) is 1.45. The van der Waals surface area contributed by atoms with Gasteiger partial charge in [0.2, 0.25) is 5.95 Å². The van der Waals surface area contributed by atoms with Crippen molar-refractivity contribution in [3.63, 3.8) is 0 Å². The van der Waals surface area contributed by atoms with E-state index >= 15 is 0 Å². The van der Waals surface area contributed by atoms with Crippen molar-refractivity contribution in [1.29, 1.82) is 5.26 Å². The van der Waals surface area contributed by atoms with Crippen LogP contribution in [0.15, 0.2) is 42.6 Å². The second-order valence-corrected chi connectivity index (χ2v) is 3.97. The summed E-state index contributed by atoms with van der Waals surface area (Å²) in [5, 5.41) is 11.9. The topological polar surface area (TPSA) is 48.7 Å². The van der Waals surface area contributed by atoms with Crippen molar-refractivity contribution in [2.24, 2.45) is 0 Å². The highest BCUT2D eigenvalue weighted by molar-refractivity contribution is 5.43. The number of pyridine rings is 1. The predicted octanol–water partition coefficient (Wildman–Crippen LogP) is 3.27. The Morgan fingerprint density at radius 2 is 1.94 bits per heavy atom. The van der Waals surface area contributed by atoms with Gasteiger partial charge in [-0.2, -0.15) is 9.65 Å². The number of nitrogens with one attached hydrogen (secondary N) is 1. The molecule has 1 aromatic carbocycles. The molecule has 4 heteroatoms. The minimum atomic E-state index is -0.494. The molecule has 0 saturated carbocycles. The lowest BCUT2D eigenvalue weighted by atomic mass is 10.1. The van der Waals surface area contributed by atoms with Gasteiger partial charge in [0.05, 0.1) is 23.5 Å². The number of anilines is 1. The number of aromatic nitrogens is 1. The van der Waals surface area contributed by atoms with E-state index in [9.17, 15) is 4.39 Å². The summed E-state index contributed by atoms with van der Waals surface area (Å²) in [5.41, 5.74) is 2.45. The van der Waals surface area contributed by atoms with Crippen molar-refractivity contribution in [3.8, 4) is 6.07 Å². The zero-order valence-corrected chi connectivity index (χ0v) is 9.89. The summed E-state index contributed by atoms with van der Waals surface area (Å²) in [5.74, 6) is -0.494. The van der Waals surface area contributed by atoms with E-state index in [4.69, 9.17) is 5.26 Å². The molecular weight excluding hydrogens is 229 g/mol. The Morgan fingerprint density at radius 3 is 2.50 bits per heavy atom. The van der Waals surface area contributed by atoms with Crippen molar-refractivity contribution < 1.29 is 4.39 Å². The first-order valence-electron chi connectivity index (χ1n) is 5.57. The summed E-state index contributed by atoms with van der Waals surface area (Å²) in [6, 6.07) is 12.4. The Kier molecular flexibility index (Phi) is 3.54. The number of rotatable bonds is 3. The molecule has 3 nitrogen and oxygen atoms in total. The van der Waals surface area contributed by atoms with Crippen LogP contribution in [0.2, 0.25) is 0 Å². The van der Waals surface area contributed by atoms with Gasteiger partial charge in [-0.3, -0.25) is 0 Å². The van der Waals surface area contributed by atoms with Gasteiger partial charge in [0.1, 0.15) is 0 Å². The summed E-state index contributed by atoms with van der Waals surface area (Å²) < 4.78 is 12.7. The van der Waals surface area contributed by atoms with Gasteiger partial charge in [-0.05, 0) is 36.8 Å². The van der Waals surface area contributed by atoms with Gasteiger partial charge in [0, 0.05) is 6.04 Å². The third kappa shape index (κ3) is 2.83. The fraction of sp³-hybridized carbons (Fsp3) is 0.143. The molecule has 0 saturated heterocycles. The van der Waals surface area contributed by atoms with Gasteiger partial charge in [0.15, 0.2) is 0 Å². The van der Waals surface area contributed by atoms with Crippen LogP contribution in [-0.4, -0.2) is 4.98 Å². The largest absolute Gasteiger partial charge is 0.377 e. The average molecular weight is 241 g/mol. The molecule has 18 heavy (non-hydrogen) atoms. The van der Waals surface area contributed by atoms with Crippen LogP contribution in [0, 0.1) is 17.3 Å². The van der Waals surface area contributed by atoms with E-state index in [2.05, 4.69) is 16.4 Å². The zero-order valence-electron chi connectivity index (χ0n) is 9.89. The van der Waals surface area contributed by atoms with Crippen LogP contribution < -0.4 is 5.32 Å². The average Bonchev–Trinajstić information content (AvgIpc) is 2.41. The van der Waals surface area contributed by atoms with E-state index < -0.39 is 5.95 Å². The van der Waals surface area contributed by atoms with Crippen LogP contribution in [-0.2, 0) is 0 Å². The monoisotopic (exact) mass is 241 g/mol. The summed E-state index contributed by atoms with van der Waals surface area (Å²) in [7, 11) is 0. The van der Waals surface area contributed by atoms with Crippen LogP contribution in [0.1, 0.15) is 24.1 Å². The van der Waals surface area contributed by atoms with Crippen LogP contribution in [0.4, 0.5) is 10.1 Å². The second kappa shape index (κ2) is 5.28. The maximum Gasteiger partial charge on any atom is 0.212 e. The van der Waals surface area contributed by atoms with Crippen LogP contribution in [0.3, 0.4) is 0 Å². The van der Waals surface area contributed by atoms with Crippen molar-refractivity contribution in [3.05, 3.63) is 59.7 Å². The Balaban J connectivity index is 2.09. The molecule has 0 aliphatic heterocycles. The van der Waals surface area contributed by atoms with Crippen molar-refractivity contribution in [1.82, 2.24) is 4.98 Å². The molecule has 1 atom stereocenters. The quantitative estimate of drug-likeness (QED) is 0.839. The SMILES string of the molecule is CC(Nc1ccc(F)nc1)c1ccc(C#N)cc1. The third-order valence-electron chi connectivity index (χ3n) is 2.65. The smallest absolute Gasteiger partial charge is 0.212 e. The van der Waals surface area contributed by atoms with Gasteiger partial charge in [-0.25, -0.2) is 4.98 Å². The second-order valence-electron chi connectivity index (χ2n) is 3.97.